The highest BCUT2D eigenvalue weighted by atomic mass is 15.1. The Labute approximate surface area is 55.0 Å². The third kappa shape index (κ3) is 4.87. The van der Waals surface area contributed by atoms with Gasteiger partial charge in [0, 0.05) is 6.42 Å². The van der Waals surface area contributed by atoms with E-state index in [-0.39, 0.29) is 5.84 Å². The second-order valence-corrected chi connectivity index (χ2v) is 1.74. The number of hydrogen-bond donors (Lipinski definition) is 1. The molecule has 0 amide bonds. The number of allylic oxidation sites excluding steroid dienone is 1. The van der Waals surface area contributed by atoms with Crippen LogP contribution in [0.2, 0.25) is 0 Å². The average Bonchev–Trinajstić information content (AvgIpc) is 1.83. The maximum atomic E-state index is 7.03. The van der Waals surface area contributed by atoms with Crippen molar-refractivity contribution in [2.45, 2.75) is 20.3 Å². The predicted octanol–water partition coefficient (Wildman–Crippen LogP) is 2.36. The minimum Gasteiger partial charge on any atom is -0.285 e. The Bertz CT molecular complexity index is 146. The van der Waals surface area contributed by atoms with Gasteiger partial charge in [0.25, 0.3) is 0 Å². The van der Waals surface area contributed by atoms with Gasteiger partial charge < -0.3 is 0 Å². The zero-order chi connectivity index (χ0) is 7.28. The number of hydrogen-bond acceptors (Lipinski definition) is 2. The maximum absolute atomic E-state index is 7.03. The fourth-order valence-corrected chi connectivity index (χ4v) is 0.216. The summed E-state index contributed by atoms with van der Waals surface area (Å²) in [6, 6.07) is 0. The van der Waals surface area contributed by atoms with Gasteiger partial charge in [-0.1, -0.05) is 13.5 Å². The molecule has 0 aliphatic rings. The van der Waals surface area contributed by atoms with Crippen LogP contribution in [0.15, 0.2) is 22.5 Å². The molecule has 0 spiro atoms. The van der Waals surface area contributed by atoms with E-state index < -0.39 is 0 Å². The Kier molecular flexibility index (Phi) is 3.51. The Hall–Kier alpha value is -0.990. The van der Waals surface area contributed by atoms with E-state index in [0.717, 1.165) is 0 Å². The normalized spacial score (nSPS) is 10.0. The summed E-state index contributed by atoms with van der Waals surface area (Å²) in [6.45, 7) is 7.11. The van der Waals surface area contributed by atoms with E-state index in [1.807, 2.05) is 6.92 Å². The van der Waals surface area contributed by atoms with Gasteiger partial charge in [0.05, 0.1) is 5.70 Å². The van der Waals surface area contributed by atoms with Gasteiger partial charge in [0.2, 0.25) is 0 Å². The van der Waals surface area contributed by atoms with Crippen LogP contribution in [0, 0.1) is 5.41 Å². The topological polar surface area (TPSA) is 48.6 Å². The zero-order valence-electron chi connectivity index (χ0n) is 5.81. The molecule has 9 heavy (non-hydrogen) atoms. The molecular formula is C6H11N3. The number of nitrogens with zero attached hydrogens (tertiary/aromatic N) is 2. The lowest BCUT2D eigenvalue weighted by Gasteiger charge is -1.86. The van der Waals surface area contributed by atoms with Crippen LogP contribution in [-0.2, 0) is 0 Å². The molecule has 0 saturated heterocycles. The van der Waals surface area contributed by atoms with Crippen molar-refractivity contribution in [1.82, 2.24) is 0 Å². The first-order valence-corrected chi connectivity index (χ1v) is 2.81. The van der Waals surface area contributed by atoms with Crippen LogP contribution in [-0.4, -0.2) is 5.84 Å². The molecular weight excluding hydrogens is 114 g/mol. The standard InChI is InChI=1S/C6H11N3/c1-4-6(7)9-8-5(2)3/h7H,2,4H2,1,3H3/b7-6?,9-8-. The smallest absolute Gasteiger partial charge is 0.143 e. The molecule has 0 aromatic heterocycles. The summed E-state index contributed by atoms with van der Waals surface area (Å²) in [7, 11) is 0. The van der Waals surface area contributed by atoms with E-state index in [2.05, 4.69) is 16.8 Å². The van der Waals surface area contributed by atoms with Crippen LogP contribution in [0.5, 0.6) is 0 Å². The molecule has 0 aromatic carbocycles. The van der Waals surface area contributed by atoms with E-state index in [1.165, 1.54) is 0 Å². The second-order valence-electron chi connectivity index (χ2n) is 1.74. The van der Waals surface area contributed by atoms with Crippen molar-refractivity contribution in [3.63, 3.8) is 0 Å². The Morgan fingerprint density at radius 1 is 1.56 bits per heavy atom. The van der Waals surface area contributed by atoms with Crippen LogP contribution in [0.4, 0.5) is 0 Å². The summed E-state index contributed by atoms with van der Waals surface area (Å²) in [5.74, 6) is 0.290. The van der Waals surface area contributed by atoms with Crippen molar-refractivity contribution in [3.8, 4) is 0 Å². The van der Waals surface area contributed by atoms with Crippen molar-refractivity contribution in [1.29, 1.82) is 5.41 Å². The van der Waals surface area contributed by atoms with Gasteiger partial charge in [-0.05, 0) is 6.92 Å². The lowest BCUT2D eigenvalue weighted by molar-refractivity contribution is 1.10. The maximum Gasteiger partial charge on any atom is 0.143 e. The second kappa shape index (κ2) is 3.95. The third-order valence-corrected chi connectivity index (χ3v) is 0.676. The summed E-state index contributed by atoms with van der Waals surface area (Å²) in [4.78, 5) is 0. The van der Waals surface area contributed by atoms with Crippen molar-refractivity contribution in [2.24, 2.45) is 10.2 Å². The number of amidine groups is 1. The van der Waals surface area contributed by atoms with Crippen LogP contribution in [0.1, 0.15) is 20.3 Å². The molecule has 0 atom stereocenters. The highest BCUT2D eigenvalue weighted by Gasteiger charge is 1.84. The molecule has 0 rings (SSSR count). The summed E-state index contributed by atoms with van der Waals surface area (Å²) in [5, 5.41) is 14.2. The highest BCUT2D eigenvalue weighted by molar-refractivity contribution is 5.78. The van der Waals surface area contributed by atoms with Gasteiger partial charge in [0.15, 0.2) is 0 Å². The van der Waals surface area contributed by atoms with Gasteiger partial charge in [-0.3, -0.25) is 5.41 Å². The SMILES string of the molecule is C=C(C)/N=N\C(=N)CC. The zero-order valence-corrected chi connectivity index (χ0v) is 5.81. The Morgan fingerprint density at radius 3 is 2.44 bits per heavy atom. The van der Waals surface area contributed by atoms with Crippen molar-refractivity contribution in [2.75, 3.05) is 0 Å². The Balaban J connectivity index is 3.71. The molecule has 0 aliphatic carbocycles. The van der Waals surface area contributed by atoms with Gasteiger partial charge in [-0.2, -0.15) is 5.11 Å². The first kappa shape index (κ1) is 8.01. The van der Waals surface area contributed by atoms with E-state index in [9.17, 15) is 0 Å². The minimum absolute atomic E-state index is 0.290. The van der Waals surface area contributed by atoms with E-state index >= 15 is 0 Å². The highest BCUT2D eigenvalue weighted by Crippen LogP contribution is 1.92. The first-order chi connectivity index (χ1) is 4.16. The third-order valence-electron chi connectivity index (χ3n) is 0.676. The number of rotatable bonds is 2. The predicted molar refractivity (Wildman–Crippen MR) is 37.7 cm³/mol. The summed E-state index contributed by atoms with van der Waals surface area (Å²) in [6.07, 6.45) is 0.622. The number of azo groups is 1. The molecule has 1 N–H and O–H groups in total. The molecule has 0 unspecified atom stereocenters. The van der Waals surface area contributed by atoms with Crippen molar-refractivity contribution < 1.29 is 0 Å². The quantitative estimate of drug-likeness (QED) is 0.334. The molecule has 0 heterocycles. The van der Waals surface area contributed by atoms with E-state index in [0.29, 0.717) is 12.1 Å². The molecule has 0 aromatic rings. The van der Waals surface area contributed by atoms with Crippen LogP contribution in [0.3, 0.4) is 0 Å². The van der Waals surface area contributed by atoms with Gasteiger partial charge in [-0.25, -0.2) is 0 Å². The average molecular weight is 125 g/mol. The minimum atomic E-state index is 0.290. The molecule has 3 heteroatoms. The monoisotopic (exact) mass is 125 g/mol. The fourth-order valence-electron chi connectivity index (χ4n) is 0.216. The lowest BCUT2D eigenvalue weighted by Crippen LogP contribution is -1.84. The van der Waals surface area contributed by atoms with Crippen LogP contribution >= 0.6 is 0 Å². The molecule has 3 nitrogen and oxygen atoms in total. The van der Waals surface area contributed by atoms with Gasteiger partial charge in [0.1, 0.15) is 5.84 Å². The van der Waals surface area contributed by atoms with E-state index in [4.69, 9.17) is 5.41 Å². The number of nitrogens with one attached hydrogen (secondary N) is 1. The first-order valence-electron chi connectivity index (χ1n) is 2.81. The lowest BCUT2D eigenvalue weighted by atomic mass is 10.5. The molecule has 0 bridgehead atoms. The summed E-state index contributed by atoms with van der Waals surface area (Å²) >= 11 is 0. The van der Waals surface area contributed by atoms with Crippen molar-refractivity contribution >= 4 is 5.84 Å². The van der Waals surface area contributed by atoms with Gasteiger partial charge in [-0.15, -0.1) is 5.11 Å². The largest absolute Gasteiger partial charge is 0.285 e. The summed E-state index contributed by atoms with van der Waals surface area (Å²) < 4.78 is 0. The van der Waals surface area contributed by atoms with E-state index in [1.54, 1.807) is 6.92 Å². The van der Waals surface area contributed by atoms with Gasteiger partial charge >= 0.3 is 0 Å². The fraction of sp³-hybridized carbons (Fsp3) is 0.500. The molecule has 0 saturated carbocycles. The molecule has 0 aliphatic heterocycles. The molecule has 0 radical (unpaired) electrons. The molecule has 0 fully saturated rings. The van der Waals surface area contributed by atoms with Crippen LogP contribution in [0.25, 0.3) is 0 Å². The van der Waals surface area contributed by atoms with Crippen LogP contribution < -0.4 is 0 Å². The Morgan fingerprint density at radius 2 is 2.11 bits per heavy atom. The summed E-state index contributed by atoms with van der Waals surface area (Å²) in [5.41, 5.74) is 0.633. The molecule has 50 valence electrons. The van der Waals surface area contributed by atoms with Crippen molar-refractivity contribution in [3.05, 3.63) is 12.3 Å².